The molecule has 100 valence electrons. The van der Waals surface area contributed by atoms with Gasteiger partial charge in [0.2, 0.25) is 0 Å². The molecule has 0 unspecified atom stereocenters. The van der Waals surface area contributed by atoms with Crippen molar-refractivity contribution in [2.75, 3.05) is 6.54 Å². The van der Waals surface area contributed by atoms with E-state index < -0.39 is 17.5 Å². The maximum Gasteiger partial charge on any atom is 0.397 e. The van der Waals surface area contributed by atoms with Gasteiger partial charge < -0.3 is 10.1 Å². The fraction of sp³-hybridized carbons (Fsp3) is 0.538. The zero-order valence-electron chi connectivity index (χ0n) is 11.2. The van der Waals surface area contributed by atoms with Gasteiger partial charge in [0.15, 0.2) is 0 Å². The Balaban J connectivity index is 2.34. The minimum atomic E-state index is -0.828. The molecule has 4 nitrogen and oxygen atoms in total. The van der Waals surface area contributed by atoms with Crippen LogP contribution >= 0.6 is 11.3 Å². The number of carbonyl (C=O) groups is 2. The molecule has 1 rings (SSSR count). The van der Waals surface area contributed by atoms with Gasteiger partial charge in [-0.1, -0.05) is 0 Å². The van der Waals surface area contributed by atoms with Crippen molar-refractivity contribution in [1.29, 1.82) is 0 Å². The molecule has 1 N–H and O–H groups in total. The number of aryl methyl sites for hydroxylation is 1. The number of hydrogen-bond donors (Lipinski definition) is 1. The summed E-state index contributed by atoms with van der Waals surface area (Å²) in [6, 6.07) is 2.04. The van der Waals surface area contributed by atoms with Gasteiger partial charge in [-0.25, -0.2) is 4.79 Å². The van der Waals surface area contributed by atoms with E-state index in [9.17, 15) is 9.59 Å². The SMILES string of the molecule is Cc1ccsc1CCNC(=O)C(=O)OC(C)(C)C. The summed E-state index contributed by atoms with van der Waals surface area (Å²) < 4.78 is 4.96. The zero-order valence-corrected chi connectivity index (χ0v) is 12.0. The molecule has 0 aliphatic heterocycles. The predicted octanol–water partition coefficient (Wildman–Crippen LogP) is 2.06. The average molecular weight is 269 g/mol. The van der Waals surface area contributed by atoms with Crippen molar-refractivity contribution in [3.63, 3.8) is 0 Å². The van der Waals surface area contributed by atoms with Crippen LogP contribution in [0.1, 0.15) is 31.2 Å². The topological polar surface area (TPSA) is 55.4 Å². The van der Waals surface area contributed by atoms with Crippen molar-refractivity contribution in [1.82, 2.24) is 5.32 Å². The van der Waals surface area contributed by atoms with Crippen molar-refractivity contribution in [3.05, 3.63) is 21.9 Å². The first-order chi connectivity index (χ1) is 8.29. The summed E-state index contributed by atoms with van der Waals surface area (Å²) in [7, 11) is 0. The first kappa shape index (κ1) is 14.7. The minimum Gasteiger partial charge on any atom is -0.453 e. The van der Waals surface area contributed by atoms with Gasteiger partial charge in [-0.05, 0) is 51.1 Å². The molecule has 0 aliphatic carbocycles. The number of rotatable bonds is 3. The van der Waals surface area contributed by atoms with Gasteiger partial charge in [-0.15, -0.1) is 11.3 Å². The Hall–Kier alpha value is -1.36. The molecule has 1 aromatic rings. The van der Waals surface area contributed by atoms with Gasteiger partial charge in [0.05, 0.1) is 0 Å². The van der Waals surface area contributed by atoms with Crippen LogP contribution in [0.5, 0.6) is 0 Å². The third-order valence-corrected chi connectivity index (χ3v) is 3.27. The van der Waals surface area contributed by atoms with Gasteiger partial charge in [0.25, 0.3) is 0 Å². The van der Waals surface area contributed by atoms with Crippen molar-refractivity contribution in [2.24, 2.45) is 0 Å². The quantitative estimate of drug-likeness (QED) is 0.675. The van der Waals surface area contributed by atoms with Gasteiger partial charge in [0.1, 0.15) is 5.60 Å². The standard InChI is InChI=1S/C13H19NO3S/c1-9-6-8-18-10(9)5-7-14-11(15)12(16)17-13(2,3)4/h6,8H,5,7H2,1-4H3,(H,14,15). The highest BCUT2D eigenvalue weighted by molar-refractivity contribution is 7.10. The first-order valence-electron chi connectivity index (χ1n) is 5.84. The Morgan fingerprint density at radius 3 is 2.56 bits per heavy atom. The van der Waals surface area contributed by atoms with E-state index in [1.165, 1.54) is 10.4 Å². The Bertz CT molecular complexity index is 432. The van der Waals surface area contributed by atoms with Crippen molar-refractivity contribution in [2.45, 2.75) is 39.7 Å². The number of nitrogens with one attached hydrogen (secondary N) is 1. The molecule has 1 aromatic heterocycles. The third-order valence-electron chi connectivity index (χ3n) is 2.19. The highest BCUT2D eigenvalue weighted by Crippen LogP contribution is 2.15. The van der Waals surface area contributed by atoms with E-state index in [-0.39, 0.29) is 0 Å². The second kappa shape index (κ2) is 6.00. The second-order valence-corrected chi connectivity index (χ2v) is 6.04. The highest BCUT2D eigenvalue weighted by atomic mass is 32.1. The van der Waals surface area contributed by atoms with E-state index in [1.54, 1.807) is 32.1 Å². The molecular formula is C13H19NO3S. The number of thiophene rings is 1. The molecule has 1 heterocycles. The largest absolute Gasteiger partial charge is 0.453 e. The summed E-state index contributed by atoms with van der Waals surface area (Å²) >= 11 is 1.65. The van der Waals surface area contributed by atoms with Crippen LogP contribution in [0.2, 0.25) is 0 Å². The lowest BCUT2D eigenvalue weighted by Crippen LogP contribution is -2.37. The Labute approximate surface area is 111 Å². The van der Waals surface area contributed by atoms with Crippen LogP contribution in [-0.2, 0) is 20.7 Å². The number of ether oxygens (including phenoxy) is 1. The summed E-state index contributed by atoms with van der Waals surface area (Å²) in [5, 5.41) is 4.58. The lowest BCUT2D eigenvalue weighted by atomic mass is 10.2. The van der Waals surface area contributed by atoms with Crippen molar-refractivity contribution in [3.8, 4) is 0 Å². The van der Waals surface area contributed by atoms with Crippen LogP contribution < -0.4 is 5.32 Å². The lowest BCUT2D eigenvalue weighted by molar-refractivity contribution is -0.163. The van der Waals surface area contributed by atoms with Crippen molar-refractivity contribution < 1.29 is 14.3 Å². The molecule has 0 aliphatic rings. The van der Waals surface area contributed by atoms with E-state index in [0.717, 1.165) is 6.42 Å². The van der Waals surface area contributed by atoms with E-state index in [2.05, 4.69) is 5.32 Å². The molecule has 0 saturated heterocycles. The summed E-state index contributed by atoms with van der Waals surface area (Å²) in [6.07, 6.45) is 0.734. The smallest absolute Gasteiger partial charge is 0.397 e. The summed E-state index contributed by atoms with van der Waals surface area (Å²) in [6.45, 7) is 7.66. The summed E-state index contributed by atoms with van der Waals surface area (Å²) in [4.78, 5) is 24.1. The van der Waals surface area contributed by atoms with E-state index in [4.69, 9.17) is 4.74 Å². The van der Waals surface area contributed by atoms with Gasteiger partial charge in [-0.3, -0.25) is 4.79 Å². The van der Waals surface area contributed by atoms with Crippen LogP contribution in [0.4, 0.5) is 0 Å². The normalized spacial score (nSPS) is 11.1. The van der Waals surface area contributed by atoms with Crippen LogP contribution in [0, 0.1) is 6.92 Å². The van der Waals surface area contributed by atoms with E-state index in [0.29, 0.717) is 6.54 Å². The van der Waals surface area contributed by atoms with E-state index in [1.807, 2.05) is 18.4 Å². The number of carbonyl (C=O) groups excluding carboxylic acids is 2. The average Bonchev–Trinajstić information content (AvgIpc) is 2.62. The van der Waals surface area contributed by atoms with E-state index >= 15 is 0 Å². The Morgan fingerprint density at radius 2 is 2.06 bits per heavy atom. The summed E-state index contributed by atoms with van der Waals surface area (Å²) in [5.41, 5.74) is 0.574. The molecule has 0 radical (unpaired) electrons. The monoisotopic (exact) mass is 269 g/mol. The summed E-state index contributed by atoms with van der Waals surface area (Å²) in [5.74, 6) is -1.51. The number of esters is 1. The predicted molar refractivity (Wildman–Crippen MR) is 71.6 cm³/mol. The third kappa shape index (κ3) is 4.87. The van der Waals surface area contributed by atoms with Crippen LogP contribution in [0.3, 0.4) is 0 Å². The lowest BCUT2D eigenvalue weighted by Gasteiger charge is -2.18. The molecule has 0 fully saturated rings. The number of hydrogen-bond acceptors (Lipinski definition) is 4. The Morgan fingerprint density at radius 1 is 1.39 bits per heavy atom. The number of amides is 1. The molecule has 0 aromatic carbocycles. The van der Waals surface area contributed by atoms with Crippen molar-refractivity contribution >= 4 is 23.2 Å². The first-order valence-corrected chi connectivity index (χ1v) is 6.72. The van der Waals surface area contributed by atoms with Gasteiger partial charge in [0, 0.05) is 11.4 Å². The minimum absolute atomic E-state index is 0.444. The highest BCUT2D eigenvalue weighted by Gasteiger charge is 2.22. The molecule has 0 bridgehead atoms. The molecule has 0 saturated carbocycles. The molecule has 0 atom stereocenters. The van der Waals surface area contributed by atoms with Crippen LogP contribution in [0.15, 0.2) is 11.4 Å². The van der Waals surface area contributed by atoms with Crippen LogP contribution in [0.25, 0.3) is 0 Å². The maximum absolute atomic E-state index is 11.5. The maximum atomic E-state index is 11.5. The molecule has 18 heavy (non-hydrogen) atoms. The zero-order chi connectivity index (χ0) is 13.8. The Kier molecular flexibility index (Phi) is 4.90. The fourth-order valence-corrected chi connectivity index (χ4v) is 2.26. The fourth-order valence-electron chi connectivity index (χ4n) is 1.35. The molecule has 5 heteroatoms. The van der Waals surface area contributed by atoms with Gasteiger partial charge in [-0.2, -0.15) is 0 Å². The molecular weight excluding hydrogens is 250 g/mol. The second-order valence-electron chi connectivity index (χ2n) is 5.03. The molecule has 0 spiro atoms. The molecule has 1 amide bonds. The van der Waals surface area contributed by atoms with Gasteiger partial charge >= 0.3 is 11.9 Å². The van der Waals surface area contributed by atoms with Crippen LogP contribution in [-0.4, -0.2) is 24.0 Å².